The van der Waals surface area contributed by atoms with Crippen LogP contribution >= 0.6 is 0 Å². The summed E-state index contributed by atoms with van der Waals surface area (Å²) in [5, 5.41) is 5.96. The molecule has 0 radical (unpaired) electrons. The Morgan fingerprint density at radius 1 is 1.12 bits per heavy atom. The number of fused-ring (bicyclic) bond motifs is 1. The van der Waals surface area contributed by atoms with Crippen molar-refractivity contribution in [1.29, 1.82) is 0 Å². The normalized spacial score (nSPS) is 14.2. The van der Waals surface area contributed by atoms with Crippen LogP contribution in [0, 0.1) is 0 Å². The average molecular weight is 470 g/mol. The molecule has 4 rings (SSSR count). The molecule has 0 atom stereocenters. The van der Waals surface area contributed by atoms with Gasteiger partial charge < -0.3 is 18.9 Å². The Hall–Kier alpha value is -3.93. The molecule has 0 aliphatic carbocycles. The highest BCUT2D eigenvalue weighted by Crippen LogP contribution is 2.19. The predicted octanol–water partition coefficient (Wildman–Crippen LogP) is -0.321. The average Bonchev–Trinajstić information content (AvgIpc) is 3.21. The second-order valence-corrected chi connectivity index (χ2v) is 7.92. The van der Waals surface area contributed by atoms with Crippen molar-refractivity contribution in [2.24, 2.45) is 26.2 Å². The number of ether oxygens (including phenoxy) is 2. The first-order valence-electron chi connectivity index (χ1n) is 10.8. The van der Waals surface area contributed by atoms with E-state index in [1.165, 1.54) is 16.6 Å². The van der Waals surface area contributed by atoms with Gasteiger partial charge in [0.05, 0.1) is 26.5 Å². The third-order valence-electron chi connectivity index (χ3n) is 5.79. The largest absolute Gasteiger partial charge is 0.497 e. The first kappa shape index (κ1) is 23.2. The lowest BCUT2D eigenvalue weighted by molar-refractivity contribution is -0.133. The maximum Gasteiger partial charge on any atom is 0.332 e. The molecule has 0 N–H and O–H groups in total. The lowest BCUT2D eigenvalue weighted by Gasteiger charge is -2.28. The van der Waals surface area contributed by atoms with E-state index >= 15 is 0 Å². The van der Waals surface area contributed by atoms with Gasteiger partial charge in [0.15, 0.2) is 11.2 Å². The van der Waals surface area contributed by atoms with Gasteiger partial charge in [0.25, 0.3) is 5.56 Å². The molecule has 0 spiro atoms. The molecule has 180 valence electrons. The molecule has 0 saturated carbocycles. The topological polar surface area (TPSA) is 116 Å². The fourth-order valence-corrected chi connectivity index (χ4v) is 3.77. The SMILES string of the molecule is COc1ccc(/C=N/N(CC(=O)N2CCOCC2)c2nc3c(c(=O)n(C)c(=O)n3C)n2C)cc1. The molecule has 34 heavy (non-hydrogen) atoms. The van der Waals surface area contributed by atoms with Crippen molar-refractivity contribution < 1.29 is 14.3 Å². The zero-order valence-corrected chi connectivity index (χ0v) is 19.6. The van der Waals surface area contributed by atoms with Crippen molar-refractivity contribution in [3.63, 3.8) is 0 Å². The third kappa shape index (κ3) is 4.31. The summed E-state index contributed by atoms with van der Waals surface area (Å²) in [5.41, 5.74) is 0.279. The number of carbonyl (C=O) groups excluding carboxylic acids is 1. The highest BCUT2D eigenvalue weighted by atomic mass is 16.5. The zero-order chi connectivity index (χ0) is 24.4. The molecular formula is C22H27N7O5. The molecule has 2 aromatic heterocycles. The van der Waals surface area contributed by atoms with Gasteiger partial charge in [0.1, 0.15) is 12.3 Å². The van der Waals surface area contributed by atoms with E-state index in [2.05, 4.69) is 10.1 Å². The number of morpholine rings is 1. The summed E-state index contributed by atoms with van der Waals surface area (Å²) in [6.45, 7) is 1.84. The molecule has 0 unspecified atom stereocenters. The predicted molar refractivity (Wildman–Crippen MR) is 127 cm³/mol. The van der Waals surface area contributed by atoms with E-state index in [0.717, 1.165) is 10.1 Å². The Morgan fingerprint density at radius 3 is 2.44 bits per heavy atom. The van der Waals surface area contributed by atoms with Gasteiger partial charge in [-0.2, -0.15) is 10.1 Å². The van der Waals surface area contributed by atoms with Gasteiger partial charge in [-0.3, -0.25) is 18.7 Å². The summed E-state index contributed by atoms with van der Waals surface area (Å²) in [4.78, 5) is 44.4. The number of hydrogen-bond acceptors (Lipinski definition) is 8. The lowest BCUT2D eigenvalue weighted by Crippen LogP contribution is -2.45. The van der Waals surface area contributed by atoms with E-state index in [0.29, 0.717) is 32.1 Å². The number of hydrogen-bond donors (Lipinski definition) is 0. The fourth-order valence-electron chi connectivity index (χ4n) is 3.77. The second-order valence-electron chi connectivity index (χ2n) is 7.92. The molecule has 1 aliphatic rings. The zero-order valence-electron chi connectivity index (χ0n) is 19.6. The number of imidazole rings is 1. The molecule has 0 bridgehead atoms. The van der Waals surface area contributed by atoms with Crippen LogP contribution in [0.3, 0.4) is 0 Å². The van der Waals surface area contributed by atoms with Crippen molar-refractivity contribution in [1.82, 2.24) is 23.6 Å². The van der Waals surface area contributed by atoms with Crippen molar-refractivity contribution in [2.75, 3.05) is 45.0 Å². The Kier molecular flexibility index (Phi) is 6.50. The van der Waals surface area contributed by atoms with E-state index in [4.69, 9.17) is 9.47 Å². The van der Waals surface area contributed by atoms with E-state index in [-0.39, 0.29) is 29.6 Å². The molecule has 1 aliphatic heterocycles. The number of nitrogens with zero attached hydrogens (tertiary/aromatic N) is 7. The van der Waals surface area contributed by atoms with Crippen LogP contribution in [0.2, 0.25) is 0 Å². The van der Waals surface area contributed by atoms with Crippen LogP contribution in [0.25, 0.3) is 11.2 Å². The van der Waals surface area contributed by atoms with Gasteiger partial charge in [0, 0.05) is 34.2 Å². The van der Waals surface area contributed by atoms with Crippen LogP contribution in [0.5, 0.6) is 5.75 Å². The van der Waals surface area contributed by atoms with Crippen LogP contribution in [0.15, 0.2) is 39.0 Å². The summed E-state index contributed by atoms with van der Waals surface area (Å²) in [6.07, 6.45) is 1.60. The maximum atomic E-state index is 13.0. The van der Waals surface area contributed by atoms with Crippen molar-refractivity contribution in [2.45, 2.75) is 0 Å². The molecule has 12 nitrogen and oxygen atoms in total. The highest BCUT2D eigenvalue weighted by Gasteiger charge is 2.25. The number of methoxy groups -OCH3 is 1. The minimum atomic E-state index is -0.486. The lowest BCUT2D eigenvalue weighted by atomic mass is 10.2. The van der Waals surface area contributed by atoms with Gasteiger partial charge >= 0.3 is 5.69 Å². The van der Waals surface area contributed by atoms with E-state index in [1.54, 1.807) is 49.0 Å². The Bertz CT molecular complexity index is 1350. The summed E-state index contributed by atoms with van der Waals surface area (Å²) >= 11 is 0. The van der Waals surface area contributed by atoms with Gasteiger partial charge in [-0.05, 0) is 29.8 Å². The van der Waals surface area contributed by atoms with Crippen LogP contribution in [0.4, 0.5) is 5.95 Å². The minimum absolute atomic E-state index is 0.0991. The van der Waals surface area contributed by atoms with Crippen LogP contribution in [-0.4, -0.2) is 75.7 Å². The molecule has 1 amide bonds. The maximum absolute atomic E-state index is 13.0. The number of carbonyl (C=O) groups is 1. The second kappa shape index (κ2) is 9.51. The van der Waals surface area contributed by atoms with Gasteiger partial charge in [0.2, 0.25) is 11.9 Å². The molecule has 12 heteroatoms. The summed E-state index contributed by atoms with van der Waals surface area (Å²) in [5.74, 6) is 0.826. The van der Waals surface area contributed by atoms with E-state index in [9.17, 15) is 14.4 Å². The van der Waals surface area contributed by atoms with Crippen molar-refractivity contribution >= 4 is 29.2 Å². The number of amides is 1. The molecule has 1 saturated heterocycles. The third-order valence-corrected chi connectivity index (χ3v) is 5.79. The highest BCUT2D eigenvalue weighted by molar-refractivity contribution is 5.85. The summed E-state index contributed by atoms with van der Waals surface area (Å²) in [7, 11) is 6.21. The summed E-state index contributed by atoms with van der Waals surface area (Å²) in [6, 6.07) is 7.27. The number of rotatable bonds is 6. The Labute approximate surface area is 195 Å². The van der Waals surface area contributed by atoms with Crippen molar-refractivity contribution in [3.8, 4) is 5.75 Å². The standard InChI is InChI=1S/C22H27N7O5/c1-25-18-19(26(2)22(32)27(3)20(18)31)24-21(25)29(14-17(30)28-9-11-34-12-10-28)23-13-15-5-7-16(33-4)8-6-15/h5-8,13H,9-12,14H2,1-4H3/b23-13+. The van der Waals surface area contributed by atoms with Crippen molar-refractivity contribution in [3.05, 3.63) is 50.7 Å². The molecule has 1 aromatic carbocycles. The molecule has 3 aromatic rings. The monoisotopic (exact) mass is 469 g/mol. The molecular weight excluding hydrogens is 442 g/mol. The minimum Gasteiger partial charge on any atom is -0.497 e. The van der Waals surface area contributed by atoms with Gasteiger partial charge in [-0.15, -0.1) is 0 Å². The quantitative estimate of drug-likeness (QED) is 0.359. The van der Waals surface area contributed by atoms with E-state index < -0.39 is 11.2 Å². The molecule has 1 fully saturated rings. The van der Waals surface area contributed by atoms with Gasteiger partial charge in [-0.1, -0.05) is 0 Å². The Morgan fingerprint density at radius 2 is 1.79 bits per heavy atom. The number of hydrazone groups is 1. The Balaban J connectivity index is 1.76. The number of benzene rings is 1. The number of aromatic nitrogens is 4. The van der Waals surface area contributed by atoms with Crippen LogP contribution in [-0.2, 0) is 30.7 Å². The first-order valence-corrected chi connectivity index (χ1v) is 10.8. The summed E-state index contributed by atoms with van der Waals surface area (Å²) < 4.78 is 14.4. The number of anilines is 1. The van der Waals surface area contributed by atoms with Crippen LogP contribution < -0.4 is 21.0 Å². The number of aryl methyl sites for hydroxylation is 2. The smallest absolute Gasteiger partial charge is 0.332 e. The van der Waals surface area contributed by atoms with Gasteiger partial charge in [-0.25, -0.2) is 9.80 Å². The molecule has 3 heterocycles. The van der Waals surface area contributed by atoms with Crippen LogP contribution in [0.1, 0.15) is 5.56 Å². The fraction of sp³-hybridized carbons (Fsp3) is 0.409. The first-order chi connectivity index (χ1) is 16.3. The van der Waals surface area contributed by atoms with E-state index in [1.807, 2.05) is 12.1 Å².